The second-order valence-corrected chi connectivity index (χ2v) is 8.55. The predicted octanol–water partition coefficient (Wildman–Crippen LogP) is 2.45. The first-order valence-electron chi connectivity index (χ1n) is 8.88. The molecule has 1 aliphatic rings. The number of piperidine rings is 1. The molecule has 7 nitrogen and oxygen atoms in total. The largest absolute Gasteiger partial charge is 0.324 e. The number of carbonyl (C=O) groups excluding carboxylic acids is 1. The number of sulfonamides is 1. The highest BCUT2D eigenvalue weighted by molar-refractivity contribution is 7.89. The van der Waals surface area contributed by atoms with E-state index in [1.165, 1.54) is 33.3 Å². The first-order valence-corrected chi connectivity index (χ1v) is 10.3. The number of carbonyl (C=O) groups is 1. The zero-order valence-electron chi connectivity index (χ0n) is 15.4. The van der Waals surface area contributed by atoms with E-state index < -0.39 is 10.0 Å². The molecule has 2 heterocycles. The molecule has 0 radical (unpaired) electrons. The Morgan fingerprint density at radius 2 is 1.78 bits per heavy atom. The summed E-state index contributed by atoms with van der Waals surface area (Å²) in [4.78, 5) is 12.4. The average Bonchev–Trinajstić information content (AvgIpc) is 2.91. The third-order valence-corrected chi connectivity index (χ3v) is 6.80. The summed E-state index contributed by atoms with van der Waals surface area (Å²) >= 11 is 0. The highest BCUT2D eigenvalue weighted by Gasteiger charge is 2.31. The number of benzene rings is 1. The van der Waals surface area contributed by atoms with Gasteiger partial charge in [-0.1, -0.05) is 6.42 Å². The van der Waals surface area contributed by atoms with Crippen molar-refractivity contribution in [1.29, 1.82) is 0 Å². The van der Waals surface area contributed by atoms with Crippen molar-refractivity contribution in [2.75, 3.05) is 18.4 Å². The molecule has 1 aromatic heterocycles. The fourth-order valence-electron chi connectivity index (χ4n) is 3.31. The third kappa shape index (κ3) is 4.19. The summed E-state index contributed by atoms with van der Waals surface area (Å²) in [6, 6.07) is 5.42. The molecule has 1 saturated heterocycles. The number of nitrogens with one attached hydrogen (secondary N) is 1. The highest BCUT2D eigenvalue weighted by atomic mass is 32.2. The summed E-state index contributed by atoms with van der Waals surface area (Å²) in [5.74, 6) is -0.756. The lowest BCUT2D eigenvalue weighted by atomic mass is 10.2. The number of halogens is 1. The topological polar surface area (TPSA) is 84.3 Å². The van der Waals surface area contributed by atoms with Crippen LogP contribution in [0.25, 0.3) is 0 Å². The van der Waals surface area contributed by atoms with Crippen molar-refractivity contribution in [2.24, 2.45) is 0 Å². The van der Waals surface area contributed by atoms with Crippen LogP contribution in [0.4, 0.5) is 10.1 Å². The zero-order chi connectivity index (χ0) is 19.6. The van der Waals surface area contributed by atoms with E-state index in [1.807, 2.05) is 0 Å². The van der Waals surface area contributed by atoms with Gasteiger partial charge in [-0.05, 0) is 51.0 Å². The molecule has 2 aromatic rings. The molecule has 1 aliphatic heterocycles. The molecular weight excluding hydrogens is 371 g/mol. The SMILES string of the molecule is Cc1nn(CC(=O)Nc2ccc(F)cc2)c(C)c1S(=O)(=O)N1CCCCC1. The van der Waals surface area contributed by atoms with Crippen LogP contribution in [0.1, 0.15) is 30.7 Å². The monoisotopic (exact) mass is 394 g/mol. The summed E-state index contributed by atoms with van der Waals surface area (Å²) < 4.78 is 41.8. The van der Waals surface area contributed by atoms with E-state index >= 15 is 0 Å². The van der Waals surface area contributed by atoms with Crippen LogP contribution >= 0.6 is 0 Å². The van der Waals surface area contributed by atoms with Gasteiger partial charge in [-0.3, -0.25) is 9.48 Å². The number of rotatable bonds is 5. The predicted molar refractivity (Wildman–Crippen MR) is 99.3 cm³/mol. The van der Waals surface area contributed by atoms with E-state index in [9.17, 15) is 17.6 Å². The number of aryl methyl sites for hydroxylation is 1. The van der Waals surface area contributed by atoms with Crippen LogP contribution in [0, 0.1) is 19.7 Å². The molecule has 0 spiro atoms. The van der Waals surface area contributed by atoms with Gasteiger partial charge in [0.25, 0.3) is 0 Å². The van der Waals surface area contributed by atoms with Gasteiger partial charge in [-0.25, -0.2) is 12.8 Å². The molecule has 9 heteroatoms. The second kappa shape index (κ2) is 7.77. The molecule has 0 aliphatic carbocycles. The summed E-state index contributed by atoms with van der Waals surface area (Å²) in [6.45, 7) is 4.19. The van der Waals surface area contributed by atoms with Gasteiger partial charge in [0.1, 0.15) is 17.3 Å². The fourth-order valence-corrected chi connectivity index (χ4v) is 5.20. The quantitative estimate of drug-likeness (QED) is 0.844. The Balaban J connectivity index is 1.78. The zero-order valence-corrected chi connectivity index (χ0v) is 16.2. The maximum Gasteiger partial charge on any atom is 0.246 e. The Morgan fingerprint density at radius 1 is 1.15 bits per heavy atom. The molecule has 0 unspecified atom stereocenters. The molecule has 1 N–H and O–H groups in total. The third-order valence-electron chi connectivity index (χ3n) is 4.65. The van der Waals surface area contributed by atoms with Gasteiger partial charge in [0, 0.05) is 18.8 Å². The maximum absolute atomic E-state index is 13.0. The van der Waals surface area contributed by atoms with Gasteiger partial charge in [0.2, 0.25) is 15.9 Å². The Bertz CT molecular complexity index is 932. The summed E-state index contributed by atoms with van der Waals surface area (Å²) in [5.41, 5.74) is 1.28. The molecular formula is C18H23FN4O3S. The van der Waals surface area contributed by atoms with E-state index in [0.717, 1.165) is 19.3 Å². The molecule has 27 heavy (non-hydrogen) atoms. The van der Waals surface area contributed by atoms with Crippen molar-refractivity contribution in [3.05, 3.63) is 41.5 Å². The van der Waals surface area contributed by atoms with Crippen LogP contribution in [-0.4, -0.2) is 41.5 Å². The number of nitrogens with zero attached hydrogens (tertiary/aromatic N) is 3. The van der Waals surface area contributed by atoms with Gasteiger partial charge < -0.3 is 5.32 Å². The Kier molecular flexibility index (Phi) is 5.61. The standard InChI is InChI=1S/C18H23FN4O3S/c1-13-18(27(25,26)22-10-4-3-5-11-22)14(2)23(21-13)12-17(24)20-16-8-6-15(19)7-9-16/h6-9H,3-5,10-12H2,1-2H3,(H,20,24). The van der Waals surface area contributed by atoms with E-state index in [4.69, 9.17) is 0 Å². The average molecular weight is 394 g/mol. The molecule has 0 bridgehead atoms. The van der Waals surface area contributed by atoms with Crippen LogP contribution in [0.2, 0.25) is 0 Å². The van der Waals surface area contributed by atoms with E-state index in [-0.39, 0.29) is 23.2 Å². The van der Waals surface area contributed by atoms with Crippen LogP contribution in [0.3, 0.4) is 0 Å². The van der Waals surface area contributed by atoms with Crippen molar-refractivity contribution in [2.45, 2.75) is 44.6 Å². The minimum atomic E-state index is -3.63. The number of aromatic nitrogens is 2. The number of anilines is 1. The molecule has 1 amide bonds. The van der Waals surface area contributed by atoms with Gasteiger partial charge >= 0.3 is 0 Å². The van der Waals surface area contributed by atoms with Crippen LogP contribution in [0.15, 0.2) is 29.2 Å². The van der Waals surface area contributed by atoms with Crippen LogP contribution in [0.5, 0.6) is 0 Å². The lowest BCUT2D eigenvalue weighted by Gasteiger charge is -2.25. The number of hydrogen-bond acceptors (Lipinski definition) is 4. The second-order valence-electron chi connectivity index (χ2n) is 6.68. The molecule has 1 aromatic carbocycles. The van der Waals surface area contributed by atoms with Crippen molar-refractivity contribution < 1.29 is 17.6 Å². The highest BCUT2D eigenvalue weighted by Crippen LogP contribution is 2.26. The van der Waals surface area contributed by atoms with E-state index in [0.29, 0.717) is 30.2 Å². The maximum atomic E-state index is 13.0. The lowest BCUT2D eigenvalue weighted by molar-refractivity contribution is -0.116. The van der Waals surface area contributed by atoms with Gasteiger partial charge in [-0.2, -0.15) is 9.40 Å². The summed E-state index contributed by atoms with van der Waals surface area (Å²) in [6.07, 6.45) is 2.74. The van der Waals surface area contributed by atoms with Crippen molar-refractivity contribution in [3.8, 4) is 0 Å². The lowest BCUT2D eigenvalue weighted by Crippen LogP contribution is -2.36. The molecule has 0 saturated carbocycles. The van der Waals surface area contributed by atoms with Crippen molar-refractivity contribution >= 4 is 21.6 Å². The van der Waals surface area contributed by atoms with Crippen molar-refractivity contribution in [3.63, 3.8) is 0 Å². The molecule has 1 fully saturated rings. The normalized spacial score (nSPS) is 15.7. The van der Waals surface area contributed by atoms with Gasteiger partial charge in [-0.15, -0.1) is 0 Å². The Labute approximate surface area is 158 Å². The smallest absolute Gasteiger partial charge is 0.246 e. The fraction of sp³-hybridized carbons (Fsp3) is 0.444. The number of amides is 1. The molecule has 0 atom stereocenters. The minimum absolute atomic E-state index is 0.125. The van der Waals surface area contributed by atoms with Crippen LogP contribution < -0.4 is 5.32 Å². The van der Waals surface area contributed by atoms with E-state index in [2.05, 4.69) is 10.4 Å². The van der Waals surface area contributed by atoms with E-state index in [1.54, 1.807) is 13.8 Å². The minimum Gasteiger partial charge on any atom is -0.324 e. The first-order chi connectivity index (χ1) is 12.8. The van der Waals surface area contributed by atoms with Crippen LogP contribution in [-0.2, 0) is 21.4 Å². The van der Waals surface area contributed by atoms with Gasteiger partial charge in [0.15, 0.2) is 0 Å². The summed E-state index contributed by atoms with van der Waals surface area (Å²) in [5, 5.41) is 6.91. The Morgan fingerprint density at radius 3 is 2.41 bits per heavy atom. The Hall–Kier alpha value is -2.26. The molecule has 146 valence electrons. The summed E-state index contributed by atoms with van der Waals surface area (Å²) in [7, 11) is -3.63. The van der Waals surface area contributed by atoms with Crippen molar-refractivity contribution in [1.82, 2.24) is 14.1 Å². The number of hydrogen-bond donors (Lipinski definition) is 1. The first kappa shape index (κ1) is 19.5. The molecule has 3 rings (SSSR count). The van der Waals surface area contributed by atoms with Gasteiger partial charge in [0.05, 0.1) is 11.4 Å².